The van der Waals surface area contributed by atoms with Crippen molar-refractivity contribution in [3.8, 4) is 5.75 Å². The second kappa shape index (κ2) is 6.99. The second-order valence-corrected chi connectivity index (χ2v) is 11.6. The van der Waals surface area contributed by atoms with Crippen molar-refractivity contribution in [2.75, 3.05) is 31.9 Å². The lowest BCUT2D eigenvalue weighted by atomic mass is 10.1. The zero-order valence-electron chi connectivity index (χ0n) is 14.9. The van der Waals surface area contributed by atoms with Crippen molar-refractivity contribution in [3.05, 3.63) is 58.6 Å². The van der Waals surface area contributed by atoms with Crippen molar-refractivity contribution in [1.29, 1.82) is 0 Å². The molecule has 0 fully saturated rings. The highest BCUT2D eigenvalue weighted by Crippen LogP contribution is 2.50. The van der Waals surface area contributed by atoms with E-state index in [-0.39, 0.29) is 6.10 Å². The maximum absolute atomic E-state index is 6.48. The Morgan fingerprint density at radius 3 is 2.46 bits per heavy atom. The van der Waals surface area contributed by atoms with E-state index in [4.69, 9.17) is 16.3 Å². The molecule has 0 amide bonds. The molecule has 0 spiro atoms. The summed E-state index contributed by atoms with van der Waals surface area (Å²) in [5.41, 5.74) is 2.54. The molecule has 2 aromatic rings. The minimum atomic E-state index is -0.804. The number of rotatable bonds is 3. The van der Waals surface area contributed by atoms with Crippen LogP contribution in [0.25, 0.3) is 0 Å². The molecule has 2 nitrogen and oxygen atoms in total. The van der Waals surface area contributed by atoms with Crippen molar-refractivity contribution in [3.63, 3.8) is 0 Å². The summed E-state index contributed by atoms with van der Waals surface area (Å²) in [5, 5.41) is 0.763. The minimum absolute atomic E-state index is 0.0358. The highest BCUT2D eigenvalue weighted by Gasteiger charge is 2.27. The van der Waals surface area contributed by atoms with Crippen molar-refractivity contribution >= 4 is 21.6 Å². The molecule has 0 aromatic heterocycles. The Labute approximate surface area is 152 Å². The normalized spacial score (nSPS) is 19.3. The van der Waals surface area contributed by atoms with E-state index >= 15 is 0 Å². The van der Waals surface area contributed by atoms with Gasteiger partial charge in [-0.25, -0.2) is 10.0 Å². The third-order valence-corrected chi connectivity index (χ3v) is 6.47. The third-order valence-electron chi connectivity index (χ3n) is 4.51. The van der Waals surface area contributed by atoms with Crippen LogP contribution in [0.3, 0.4) is 0 Å². The molecule has 4 heteroatoms. The van der Waals surface area contributed by atoms with Gasteiger partial charge in [-0.15, -0.1) is 0 Å². The smallest absolute Gasteiger partial charge is 0.136 e. The van der Waals surface area contributed by atoms with Crippen molar-refractivity contribution in [2.45, 2.75) is 24.5 Å². The second-order valence-electron chi connectivity index (χ2n) is 7.06. The van der Waals surface area contributed by atoms with Gasteiger partial charge in [0, 0.05) is 23.7 Å². The van der Waals surface area contributed by atoms with Gasteiger partial charge in [-0.1, -0.05) is 36.7 Å². The molecule has 0 radical (unpaired) electrons. The Morgan fingerprint density at radius 1 is 1.12 bits per heavy atom. The fourth-order valence-electron chi connectivity index (χ4n) is 3.19. The lowest BCUT2D eigenvalue weighted by Gasteiger charge is -2.30. The molecule has 3 rings (SSSR count). The summed E-state index contributed by atoms with van der Waals surface area (Å²) in [6, 6.07) is 14.6. The summed E-state index contributed by atoms with van der Waals surface area (Å²) in [5.74, 6) is 1.03. The highest BCUT2D eigenvalue weighted by molar-refractivity contribution is 8.32. The van der Waals surface area contributed by atoms with Crippen LogP contribution < -0.4 is 4.74 Å². The van der Waals surface area contributed by atoms with Crippen LogP contribution in [-0.2, 0) is 6.54 Å². The van der Waals surface area contributed by atoms with Gasteiger partial charge in [0.05, 0.1) is 0 Å². The summed E-state index contributed by atoms with van der Waals surface area (Å²) in [7, 11) is -0.804. The van der Waals surface area contributed by atoms with Crippen LogP contribution in [0.5, 0.6) is 5.75 Å². The average molecular weight is 364 g/mol. The zero-order chi connectivity index (χ0) is 17.3. The summed E-state index contributed by atoms with van der Waals surface area (Å²) < 4.78 is 6.48. The van der Waals surface area contributed by atoms with Crippen LogP contribution in [0.2, 0.25) is 5.02 Å². The van der Waals surface area contributed by atoms with E-state index in [9.17, 15) is 0 Å². The fraction of sp³-hybridized carbons (Fsp3) is 0.400. The molecule has 0 saturated carbocycles. The van der Waals surface area contributed by atoms with Gasteiger partial charge in [-0.2, -0.15) is 0 Å². The predicted molar refractivity (Wildman–Crippen MR) is 106 cm³/mol. The molecule has 0 bridgehead atoms. The Hall–Kier alpha value is -1.16. The van der Waals surface area contributed by atoms with Crippen molar-refractivity contribution < 1.29 is 4.74 Å². The van der Waals surface area contributed by atoms with Gasteiger partial charge in [0.2, 0.25) is 0 Å². The van der Waals surface area contributed by atoms with Gasteiger partial charge in [-0.3, -0.25) is 4.90 Å². The molecule has 2 aromatic carbocycles. The van der Waals surface area contributed by atoms with Crippen LogP contribution in [0.4, 0.5) is 0 Å². The Bertz CT molecular complexity index is 709. The first kappa shape index (κ1) is 17.7. The molecule has 24 heavy (non-hydrogen) atoms. The molecule has 1 atom stereocenters. The number of nitrogens with zero attached hydrogens (tertiary/aromatic N) is 1. The number of hydrogen-bond donors (Lipinski definition) is 0. The molecule has 1 aliphatic heterocycles. The van der Waals surface area contributed by atoms with Gasteiger partial charge in [-0.05, 0) is 60.0 Å². The Kier molecular flexibility index (Phi) is 5.14. The lowest BCUT2D eigenvalue weighted by molar-refractivity contribution is 0.152. The first-order chi connectivity index (χ1) is 11.4. The van der Waals surface area contributed by atoms with Gasteiger partial charge < -0.3 is 4.74 Å². The lowest BCUT2D eigenvalue weighted by Crippen LogP contribution is -2.28. The van der Waals surface area contributed by atoms with E-state index < -0.39 is 10.0 Å². The van der Waals surface area contributed by atoms with E-state index in [2.05, 4.69) is 60.9 Å². The van der Waals surface area contributed by atoms with Gasteiger partial charge in [0.25, 0.3) is 0 Å². The van der Waals surface area contributed by atoms with Crippen LogP contribution in [0.1, 0.15) is 24.2 Å². The molecular weight excluding hydrogens is 338 g/mol. The highest BCUT2D eigenvalue weighted by atomic mass is 35.5. The monoisotopic (exact) mass is 363 g/mol. The number of fused-ring (bicyclic) bond motifs is 1. The maximum atomic E-state index is 6.48. The van der Waals surface area contributed by atoms with Gasteiger partial charge in [0.15, 0.2) is 0 Å². The molecular formula is C20H26ClNOS. The van der Waals surface area contributed by atoms with E-state index in [0.717, 1.165) is 30.4 Å². The summed E-state index contributed by atoms with van der Waals surface area (Å²) in [4.78, 5) is 3.93. The Morgan fingerprint density at radius 2 is 1.83 bits per heavy atom. The van der Waals surface area contributed by atoms with Crippen LogP contribution in [0.15, 0.2) is 47.4 Å². The number of ether oxygens (including phenoxy) is 1. The summed E-state index contributed by atoms with van der Waals surface area (Å²) >= 11 is 6.04. The van der Waals surface area contributed by atoms with E-state index in [1.54, 1.807) is 0 Å². The van der Waals surface area contributed by atoms with E-state index in [0.29, 0.717) is 0 Å². The third kappa shape index (κ3) is 3.74. The predicted octanol–water partition coefficient (Wildman–Crippen LogP) is 5.35. The topological polar surface area (TPSA) is 12.5 Å². The van der Waals surface area contributed by atoms with Crippen LogP contribution >= 0.6 is 21.6 Å². The fourth-order valence-corrected chi connectivity index (χ4v) is 4.71. The summed E-state index contributed by atoms with van der Waals surface area (Å²) in [6.07, 6.45) is 7.08. The summed E-state index contributed by atoms with van der Waals surface area (Å²) in [6.45, 7) is 5.08. The molecule has 0 saturated heterocycles. The SMILES string of the molecule is CCN1Cc2c(cccc2S(C)(C)C)OC(c2ccc(Cl)cc2)C1. The van der Waals surface area contributed by atoms with Crippen LogP contribution in [-0.4, -0.2) is 36.8 Å². The quantitative estimate of drug-likeness (QED) is 0.728. The van der Waals surface area contributed by atoms with E-state index in [1.807, 2.05) is 12.1 Å². The molecule has 130 valence electrons. The average Bonchev–Trinajstić information content (AvgIpc) is 2.73. The molecule has 0 N–H and O–H groups in total. The van der Waals surface area contributed by atoms with E-state index in [1.165, 1.54) is 16.0 Å². The Balaban J connectivity index is 2.02. The van der Waals surface area contributed by atoms with Gasteiger partial charge >= 0.3 is 0 Å². The van der Waals surface area contributed by atoms with Crippen molar-refractivity contribution in [1.82, 2.24) is 4.90 Å². The standard InChI is InChI=1S/C20H26ClNOS/c1-5-22-13-17-18(7-6-8-20(17)24(2,3)4)23-19(14-22)15-9-11-16(21)12-10-15/h6-12,19H,5,13-14H2,1-4H3. The molecule has 0 aliphatic carbocycles. The first-order valence-corrected chi connectivity index (χ1v) is 11.6. The molecule has 1 unspecified atom stereocenters. The van der Waals surface area contributed by atoms with Crippen LogP contribution in [0, 0.1) is 0 Å². The van der Waals surface area contributed by atoms with Crippen molar-refractivity contribution in [2.24, 2.45) is 0 Å². The number of likely N-dealkylation sites (N-methyl/N-ethyl adjacent to an activating group) is 1. The number of hydrogen-bond acceptors (Lipinski definition) is 2. The number of halogens is 1. The zero-order valence-corrected chi connectivity index (χ0v) is 16.5. The van der Waals surface area contributed by atoms with Gasteiger partial charge in [0.1, 0.15) is 11.9 Å². The maximum Gasteiger partial charge on any atom is 0.136 e. The minimum Gasteiger partial charge on any atom is -0.484 e. The molecule has 1 aliphatic rings. The molecule has 1 heterocycles. The largest absolute Gasteiger partial charge is 0.484 e. The first-order valence-electron chi connectivity index (χ1n) is 8.33. The number of benzene rings is 2.